The van der Waals surface area contributed by atoms with Gasteiger partial charge in [-0.25, -0.2) is 9.97 Å². The molecule has 0 amide bonds. The number of fused-ring (bicyclic) bond motifs is 7. The Morgan fingerprint density at radius 2 is 1.02 bits per heavy atom. The van der Waals surface area contributed by atoms with Crippen LogP contribution in [0.2, 0.25) is 0 Å². The predicted molar refractivity (Wildman–Crippen MR) is 220 cm³/mol. The van der Waals surface area contributed by atoms with Crippen molar-refractivity contribution in [1.82, 2.24) is 9.97 Å². The smallest absolute Gasteiger partial charge is 0.179 e. The fourth-order valence-corrected chi connectivity index (χ4v) is 8.59. The van der Waals surface area contributed by atoms with Crippen LogP contribution in [0.3, 0.4) is 0 Å². The van der Waals surface area contributed by atoms with Gasteiger partial charge < -0.3 is 9.47 Å². The van der Waals surface area contributed by atoms with Crippen LogP contribution in [0.4, 0.5) is 0 Å². The lowest BCUT2D eigenvalue weighted by atomic mass is 9.68. The maximum Gasteiger partial charge on any atom is 0.179 e. The van der Waals surface area contributed by atoms with E-state index >= 15 is 0 Å². The molecule has 1 aliphatic carbocycles. The average Bonchev–Trinajstić information content (AvgIpc) is 3.57. The summed E-state index contributed by atoms with van der Waals surface area (Å²) in [5.74, 6) is 3.29. The number of nitrogens with zero attached hydrogens (tertiary/aromatic N) is 2. The number of hydrogen-bond acceptors (Lipinski definition) is 4. The van der Waals surface area contributed by atoms with E-state index in [-0.39, 0.29) is 0 Å². The van der Waals surface area contributed by atoms with Gasteiger partial charge in [0.05, 0.1) is 16.8 Å². The van der Waals surface area contributed by atoms with Gasteiger partial charge in [0.2, 0.25) is 0 Å². The summed E-state index contributed by atoms with van der Waals surface area (Å²) >= 11 is 0. The molecular formula is C51H32N2O2. The second-order valence-corrected chi connectivity index (χ2v) is 14.1. The van der Waals surface area contributed by atoms with E-state index in [4.69, 9.17) is 19.4 Å². The van der Waals surface area contributed by atoms with Crippen LogP contribution in [0.15, 0.2) is 194 Å². The lowest BCUT2D eigenvalue weighted by molar-refractivity contribution is 0.361. The SMILES string of the molecule is c1ccc(-c2cc(-c3cccc4c3Oc3c(ccc5c3-c3ccccc3C5(c3ccccc3)c3ccccc3)O4)nc(-c3ccc4ccccc4c3)n2)cc1. The molecule has 258 valence electrons. The van der Waals surface area contributed by atoms with E-state index in [1.54, 1.807) is 0 Å². The largest absolute Gasteiger partial charge is 0.449 e. The number of benzene rings is 8. The summed E-state index contributed by atoms with van der Waals surface area (Å²) in [5, 5.41) is 2.31. The summed E-state index contributed by atoms with van der Waals surface area (Å²) in [6.07, 6.45) is 0. The molecule has 0 saturated carbocycles. The van der Waals surface area contributed by atoms with Gasteiger partial charge in [0.25, 0.3) is 0 Å². The topological polar surface area (TPSA) is 44.2 Å². The summed E-state index contributed by atoms with van der Waals surface area (Å²) in [4.78, 5) is 10.4. The van der Waals surface area contributed by atoms with Crippen molar-refractivity contribution in [2.75, 3.05) is 0 Å². The second-order valence-electron chi connectivity index (χ2n) is 14.1. The van der Waals surface area contributed by atoms with Crippen LogP contribution in [-0.4, -0.2) is 9.97 Å². The zero-order chi connectivity index (χ0) is 36.3. The first kappa shape index (κ1) is 31.2. The molecule has 2 heterocycles. The van der Waals surface area contributed by atoms with E-state index in [0.717, 1.165) is 50.2 Å². The molecule has 8 aromatic carbocycles. The van der Waals surface area contributed by atoms with E-state index in [1.165, 1.54) is 22.1 Å². The van der Waals surface area contributed by atoms with Gasteiger partial charge in [0.15, 0.2) is 28.8 Å². The maximum atomic E-state index is 7.19. The van der Waals surface area contributed by atoms with Crippen molar-refractivity contribution in [3.05, 3.63) is 216 Å². The summed E-state index contributed by atoms with van der Waals surface area (Å²) in [7, 11) is 0. The van der Waals surface area contributed by atoms with E-state index in [2.05, 4.69) is 164 Å². The van der Waals surface area contributed by atoms with Crippen LogP contribution >= 0.6 is 0 Å². The molecular weight excluding hydrogens is 673 g/mol. The van der Waals surface area contributed by atoms with Crippen LogP contribution in [0.5, 0.6) is 23.0 Å². The van der Waals surface area contributed by atoms with Gasteiger partial charge in [-0.15, -0.1) is 0 Å². The summed E-state index contributed by atoms with van der Waals surface area (Å²) in [5.41, 5.74) is 10.7. The van der Waals surface area contributed by atoms with E-state index < -0.39 is 5.41 Å². The number of para-hydroxylation sites is 1. The average molecular weight is 705 g/mol. The fraction of sp³-hybridized carbons (Fsp3) is 0.0196. The Hall–Kier alpha value is -7.30. The van der Waals surface area contributed by atoms with Crippen molar-refractivity contribution >= 4 is 10.8 Å². The highest BCUT2D eigenvalue weighted by molar-refractivity contribution is 5.93. The van der Waals surface area contributed by atoms with E-state index in [1.807, 2.05) is 30.3 Å². The molecule has 4 nitrogen and oxygen atoms in total. The van der Waals surface area contributed by atoms with Crippen molar-refractivity contribution in [3.8, 4) is 68.0 Å². The molecule has 0 saturated heterocycles. The molecule has 55 heavy (non-hydrogen) atoms. The molecule has 0 spiro atoms. The molecule has 0 radical (unpaired) electrons. The first-order valence-corrected chi connectivity index (χ1v) is 18.6. The zero-order valence-corrected chi connectivity index (χ0v) is 29.7. The normalized spacial score (nSPS) is 13.2. The van der Waals surface area contributed by atoms with E-state index in [9.17, 15) is 0 Å². The molecule has 0 unspecified atom stereocenters. The van der Waals surface area contributed by atoms with Gasteiger partial charge in [-0.3, -0.25) is 0 Å². The second kappa shape index (κ2) is 12.4. The van der Waals surface area contributed by atoms with Crippen molar-refractivity contribution in [1.29, 1.82) is 0 Å². The Morgan fingerprint density at radius 1 is 0.382 bits per heavy atom. The van der Waals surface area contributed by atoms with Gasteiger partial charge in [0.1, 0.15) is 0 Å². The lowest BCUT2D eigenvalue weighted by Gasteiger charge is -2.34. The fourth-order valence-electron chi connectivity index (χ4n) is 8.59. The molecule has 0 fully saturated rings. The third-order valence-corrected chi connectivity index (χ3v) is 11.0. The first-order chi connectivity index (χ1) is 27.3. The molecule has 0 N–H and O–H groups in total. The molecule has 1 aromatic heterocycles. The van der Waals surface area contributed by atoms with Gasteiger partial charge in [0, 0.05) is 22.3 Å². The predicted octanol–water partition coefficient (Wildman–Crippen LogP) is 12.9. The van der Waals surface area contributed by atoms with Gasteiger partial charge >= 0.3 is 0 Å². The van der Waals surface area contributed by atoms with Crippen molar-refractivity contribution in [2.45, 2.75) is 5.41 Å². The van der Waals surface area contributed by atoms with Crippen LogP contribution in [-0.2, 0) is 5.41 Å². The van der Waals surface area contributed by atoms with Crippen LogP contribution in [0, 0.1) is 0 Å². The first-order valence-electron chi connectivity index (χ1n) is 18.6. The summed E-state index contributed by atoms with van der Waals surface area (Å²) in [6, 6.07) is 67.6. The Kier molecular flexibility index (Phi) is 7.04. The van der Waals surface area contributed by atoms with Gasteiger partial charge in [-0.05, 0) is 68.9 Å². The summed E-state index contributed by atoms with van der Waals surface area (Å²) in [6.45, 7) is 0. The number of ether oxygens (including phenoxy) is 2. The molecule has 0 bridgehead atoms. The monoisotopic (exact) mass is 704 g/mol. The lowest BCUT2D eigenvalue weighted by Crippen LogP contribution is -2.28. The van der Waals surface area contributed by atoms with Gasteiger partial charge in [-0.2, -0.15) is 0 Å². The zero-order valence-electron chi connectivity index (χ0n) is 29.7. The van der Waals surface area contributed by atoms with Crippen LogP contribution in [0.25, 0.3) is 55.8 Å². The molecule has 4 heteroatoms. The van der Waals surface area contributed by atoms with Crippen molar-refractivity contribution < 1.29 is 9.47 Å². The van der Waals surface area contributed by atoms with Crippen LogP contribution in [0.1, 0.15) is 22.3 Å². The van der Waals surface area contributed by atoms with Crippen molar-refractivity contribution in [3.63, 3.8) is 0 Å². The highest BCUT2D eigenvalue weighted by Gasteiger charge is 2.48. The number of hydrogen-bond donors (Lipinski definition) is 0. The van der Waals surface area contributed by atoms with E-state index in [0.29, 0.717) is 28.8 Å². The minimum absolute atomic E-state index is 0.557. The maximum absolute atomic E-state index is 7.19. The quantitative estimate of drug-likeness (QED) is 0.179. The molecule has 11 rings (SSSR count). The standard InChI is InChI=1S/C51H32N2O2/c1-4-16-34(17-5-1)43-32-44(53-50(52-43)36-28-27-33-15-10-11-18-35(33)31-36)40-24-14-26-45-48(40)55-49-46(54-45)30-29-42-47(49)39-23-12-13-25-41(39)51(42,37-19-6-2-7-20-37)38-21-8-3-9-22-38/h1-32H. The minimum Gasteiger partial charge on any atom is -0.449 e. The Labute approximate surface area is 319 Å². The highest BCUT2D eigenvalue weighted by atomic mass is 16.6. The summed E-state index contributed by atoms with van der Waals surface area (Å²) < 4.78 is 14.0. The minimum atomic E-state index is -0.557. The molecule has 0 atom stereocenters. The Balaban J connectivity index is 1.11. The Bertz CT molecular complexity index is 2880. The number of aromatic nitrogens is 2. The third-order valence-electron chi connectivity index (χ3n) is 11.0. The highest BCUT2D eigenvalue weighted by Crippen LogP contribution is 2.62. The van der Waals surface area contributed by atoms with Gasteiger partial charge in [-0.1, -0.05) is 164 Å². The Morgan fingerprint density at radius 3 is 1.80 bits per heavy atom. The van der Waals surface area contributed by atoms with Crippen molar-refractivity contribution in [2.24, 2.45) is 0 Å². The molecule has 1 aliphatic heterocycles. The molecule has 2 aliphatic rings. The van der Waals surface area contributed by atoms with Crippen LogP contribution < -0.4 is 9.47 Å². The third kappa shape index (κ3) is 4.85. The number of rotatable bonds is 5. The molecule has 9 aromatic rings.